The van der Waals surface area contributed by atoms with Crippen molar-refractivity contribution < 1.29 is 0 Å². The minimum absolute atomic E-state index is 0.880. The van der Waals surface area contributed by atoms with Crippen molar-refractivity contribution in [1.82, 2.24) is 0 Å². The summed E-state index contributed by atoms with van der Waals surface area (Å²) in [5, 5.41) is 0. The minimum atomic E-state index is 0.880. The molecular formula is C15H22. The van der Waals surface area contributed by atoms with E-state index in [-0.39, 0.29) is 0 Å². The highest BCUT2D eigenvalue weighted by Crippen LogP contribution is 2.99. The number of rotatable bonds is 1. The van der Waals surface area contributed by atoms with Crippen LogP contribution in [0.1, 0.15) is 40.0 Å². The van der Waals surface area contributed by atoms with Crippen LogP contribution in [0.2, 0.25) is 0 Å². The monoisotopic (exact) mass is 202 g/mol. The van der Waals surface area contributed by atoms with Gasteiger partial charge < -0.3 is 0 Å². The highest BCUT2D eigenvalue weighted by atomic mass is 15.0. The van der Waals surface area contributed by atoms with Gasteiger partial charge in [0, 0.05) is 0 Å². The van der Waals surface area contributed by atoms with Gasteiger partial charge in [-0.15, -0.1) is 0 Å². The summed E-state index contributed by atoms with van der Waals surface area (Å²) in [6.07, 6.45) is 4.81. The first-order valence-electron chi connectivity index (χ1n) is 7.19. The van der Waals surface area contributed by atoms with Gasteiger partial charge in [-0.2, -0.15) is 0 Å². The molecule has 15 heavy (non-hydrogen) atoms. The summed E-state index contributed by atoms with van der Waals surface area (Å²) in [7, 11) is 0. The maximum Gasteiger partial charge on any atom is -0.0191 e. The SMILES string of the molecule is CCC12C3C(C)C(C)C1C14CC(CC31)C42. The van der Waals surface area contributed by atoms with Crippen molar-refractivity contribution in [3.63, 3.8) is 0 Å². The second kappa shape index (κ2) is 1.83. The summed E-state index contributed by atoms with van der Waals surface area (Å²) < 4.78 is 0. The molecule has 0 heterocycles. The van der Waals surface area contributed by atoms with E-state index in [1.165, 1.54) is 30.1 Å². The Balaban J connectivity index is 1.77. The Kier molecular flexibility index (Phi) is 0.991. The lowest BCUT2D eigenvalue weighted by Gasteiger charge is -2.70. The molecule has 82 valence electrons. The van der Waals surface area contributed by atoms with Gasteiger partial charge in [0.15, 0.2) is 0 Å². The Morgan fingerprint density at radius 2 is 1.93 bits per heavy atom. The van der Waals surface area contributed by atoms with Crippen LogP contribution >= 0.6 is 0 Å². The fraction of sp³-hybridized carbons (Fsp3) is 1.00. The minimum Gasteiger partial charge on any atom is -0.0648 e. The van der Waals surface area contributed by atoms with E-state index in [4.69, 9.17) is 0 Å². The Morgan fingerprint density at radius 1 is 1.13 bits per heavy atom. The lowest BCUT2D eigenvalue weighted by atomic mass is 9.34. The summed E-state index contributed by atoms with van der Waals surface area (Å²) in [5.74, 6) is 8.06. The van der Waals surface area contributed by atoms with Gasteiger partial charge >= 0.3 is 0 Å². The molecule has 1 spiro atoms. The smallest absolute Gasteiger partial charge is 0.0191 e. The van der Waals surface area contributed by atoms with Crippen LogP contribution in [0.25, 0.3) is 0 Å². The molecule has 9 atom stereocenters. The molecule has 0 aromatic rings. The molecular weight excluding hydrogens is 180 g/mol. The summed E-state index contributed by atoms with van der Waals surface area (Å²) >= 11 is 0. The van der Waals surface area contributed by atoms with Crippen LogP contribution in [-0.2, 0) is 0 Å². The van der Waals surface area contributed by atoms with Crippen molar-refractivity contribution in [2.75, 3.05) is 0 Å². The molecule has 7 aliphatic rings. The molecule has 0 N–H and O–H groups in total. The van der Waals surface area contributed by atoms with Crippen molar-refractivity contribution in [3.8, 4) is 0 Å². The van der Waals surface area contributed by atoms with E-state index in [1.807, 2.05) is 0 Å². The second-order valence-corrected chi connectivity index (χ2v) is 7.58. The van der Waals surface area contributed by atoms with Crippen LogP contribution in [-0.4, -0.2) is 0 Å². The third kappa shape index (κ3) is 0.436. The van der Waals surface area contributed by atoms with E-state index in [9.17, 15) is 0 Å². The van der Waals surface area contributed by atoms with Gasteiger partial charge in [0.05, 0.1) is 0 Å². The molecule has 0 saturated heterocycles. The van der Waals surface area contributed by atoms with Gasteiger partial charge in [0.1, 0.15) is 0 Å². The molecule has 7 fully saturated rings. The fourth-order valence-electron chi connectivity index (χ4n) is 8.62. The number of hydrogen-bond acceptors (Lipinski definition) is 0. The lowest BCUT2D eigenvalue weighted by molar-refractivity contribution is -0.232. The first-order valence-corrected chi connectivity index (χ1v) is 7.19. The summed E-state index contributed by atoms with van der Waals surface area (Å²) in [6.45, 7) is 7.65. The van der Waals surface area contributed by atoms with Crippen LogP contribution in [0, 0.1) is 52.3 Å². The van der Waals surface area contributed by atoms with E-state index in [0.717, 1.165) is 28.6 Å². The van der Waals surface area contributed by atoms with Crippen LogP contribution in [0.4, 0.5) is 0 Å². The predicted molar refractivity (Wildman–Crippen MR) is 60.2 cm³/mol. The molecule has 0 nitrogen and oxygen atoms in total. The topological polar surface area (TPSA) is 0 Å². The highest BCUT2D eigenvalue weighted by Gasteiger charge is 2.94. The molecule has 7 saturated carbocycles. The zero-order valence-corrected chi connectivity index (χ0v) is 10.2. The van der Waals surface area contributed by atoms with E-state index in [0.29, 0.717) is 0 Å². The second-order valence-electron chi connectivity index (χ2n) is 7.58. The van der Waals surface area contributed by atoms with Gasteiger partial charge in [-0.05, 0) is 71.5 Å². The molecule has 9 unspecified atom stereocenters. The van der Waals surface area contributed by atoms with E-state index in [2.05, 4.69) is 20.8 Å². The average molecular weight is 202 g/mol. The quantitative estimate of drug-likeness (QED) is 0.610. The highest BCUT2D eigenvalue weighted by molar-refractivity contribution is 5.41. The van der Waals surface area contributed by atoms with Crippen molar-refractivity contribution in [2.24, 2.45) is 52.3 Å². The summed E-state index contributed by atoms with van der Waals surface area (Å²) in [6, 6.07) is 0. The lowest BCUT2D eigenvalue weighted by Crippen LogP contribution is -2.66. The summed E-state index contributed by atoms with van der Waals surface area (Å²) in [4.78, 5) is 0. The Hall–Kier alpha value is 0. The molecule has 0 aliphatic heterocycles. The molecule has 7 rings (SSSR count). The first kappa shape index (κ1) is 8.14. The molecule has 0 radical (unpaired) electrons. The predicted octanol–water partition coefficient (Wildman–Crippen LogP) is 3.57. The third-order valence-electron chi connectivity index (χ3n) is 8.24. The zero-order valence-electron chi connectivity index (χ0n) is 10.2. The van der Waals surface area contributed by atoms with Crippen LogP contribution in [0.3, 0.4) is 0 Å². The van der Waals surface area contributed by atoms with Gasteiger partial charge in [-0.25, -0.2) is 0 Å². The zero-order chi connectivity index (χ0) is 10.2. The maximum absolute atomic E-state index is 2.58. The largest absolute Gasteiger partial charge is 0.0648 e. The average Bonchev–Trinajstić information content (AvgIpc) is 2.82. The van der Waals surface area contributed by atoms with Gasteiger partial charge in [0.25, 0.3) is 0 Å². The van der Waals surface area contributed by atoms with E-state index in [1.54, 1.807) is 12.8 Å². The van der Waals surface area contributed by atoms with Crippen molar-refractivity contribution >= 4 is 0 Å². The molecule has 0 aromatic heterocycles. The van der Waals surface area contributed by atoms with Crippen LogP contribution < -0.4 is 0 Å². The normalized spacial score (nSPS) is 80.6. The van der Waals surface area contributed by atoms with E-state index < -0.39 is 0 Å². The Labute approximate surface area is 92.8 Å². The number of hydrogen-bond donors (Lipinski definition) is 0. The Bertz CT molecular complexity index is 354. The summed E-state index contributed by atoms with van der Waals surface area (Å²) in [5.41, 5.74) is 1.82. The van der Waals surface area contributed by atoms with Crippen molar-refractivity contribution in [2.45, 2.75) is 40.0 Å². The van der Waals surface area contributed by atoms with E-state index >= 15 is 0 Å². The standard InChI is InChI=1S/C15H22/c1-4-14-11-7(2)8(3)12(14)15-6-9(13(14)15)5-10(11)15/h7-13H,4-6H2,1-3H3. The van der Waals surface area contributed by atoms with Crippen LogP contribution in [0.5, 0.6) is 0 Å². The third-order valence-corrected chi connectivity index (χ3v) is 8.24. The van der Waals surface area contributed by atoms with Gasteiger partial charge in [-0.1, -0.05) is 20.8 Å². The molecule has 7 aliphatic carbocycles. The van der Waals surface area contributed by atoms with Crippen molar-refractivity contribution in [3.05, 3.63) is 0 Å². The Morgan fingerprint density at radius 3 is 2.67 bits per heavy atom. The van der Waals surface area contributed by atoms with Gasteiger partial charge in [-0.3, -0.25) is 0 Å². The van der Waals surface area contributed by atoms with Gasteiger partial charge in [0.2, 0.25) is 0 Å². The maximum atomic E-state index is 2.58. The molecule has 0 amide bonds. The molecule has 0 aromatic carbocycles. The first-order chi connectivity index (χ1) is 7.19. The fourth-order valence-corrected chi connectivity index (χ4v) is 8.62. The van der Waals surface area contributed by atoms with Crippen molar-refractivity contribution in [1.29, 1.82) is 0 Å². The molecule has 7 bridgehead atoms. The van der Waals surface area contributed by atoms with Crippen LogP contribution in [0.15, 0.2) is 0 Å². The molecule has 0 heteroatoms.